The zero-order valence-electron chi connectivity index (χ0n) is 14.8. The summed E-state index contributed by atoms with van der Waals surface area (Å²) in [7, 11) is 0. The third kappa shape index (κ3) is 3.84. The molecule has 0 spiro atoms. The molecule has 2 aromatic rings. The molecule has 23 heavy (non-hydrogen) atoms. The van der Waals surface area contributed by atoms with Gasteiger partial charge in [0.15, 0.2) is 0 Å². The van der Waals surface area contributed by atoms with Crippen molar-refractivity contribution in [3.8, 4) is 11.5 Å². The minimum atomic E-state index is 0.280. The first-order chi connectivity index (χ1) is 10.7. The first-order valence-corrected chi connectivity index (χ1v) is 8.87. The highest BCUT2D eigenvalue weighted by Gasteiger charge is 2.14. The van der Waals surface area contributed by atoms with Crippen LogP contribution in [0, 0.1) is 13.8 Å². The van der Waals surface area contributed by atoms with Gasteiger partial charge in [0.05, 0.1) is 0 Å². The van der Waals surface area contributed by atoms with Crippen LogP contribution in [0.2, 0.25) is 0 Å². The summed E-state index contributed by atoms with van der Waals surface area (Å²) < 4.78 is 0. The van der Waals surface area contributed by atoms with E-state index in [1.165, 1.54) is 0 Å². The quantitative estimate of drug-likeness (QED) is 0.710. The van der Waals surface area contributed by atoms with E-state index in [0.717, 1.165) is 32.0 Å². The lowest BCUT2D eigenvalue weighted by atomic mass is 10.0. The van der Waals surface area contributed by atoms with Crippen molar-refractivity contribution in [3.63, 3.8) is 0 Å². The number of rotatable bonds is 4. The summed E-state index contributed by atoms with van der Waals surface area (Å²) in [6.45, 7) is 12.4. The molecule has 0 heterocycles. The van der Waals surface area contributed by atoms with E-state index >= 15 is 0 Å². The van der Waals surface area contributed by atoms with E-state index in [4.69, 9.17) is 0 Å². The van der Waals surface area contributed by atoms with E-state index in [-0.39, 0.29) is 11.8 Å². The molecule has 0 aliphatic heterocycles. The molecule has 0 radical (unpaired) electrons. The fraction of sp³-hybridized carbons (Fsp3) is 0.400. The number of aryl methyl sites for hydroxylation is 2. The zero-order valence-corrected chi connectivity index (χ0v) is 15.6. The number of hydrogen-bond donors (Lipinski definition) is 2. The third-order valence-electron chi connectivity index (χ3n) is 4.11. The van der Waals surface area contributed by atoms with Gasteiger partial charge >= 0.3 is 0 Å². The van der Waals surface area contributed by atoms with Crippen LogP contribution in [-0.2, 0) is 0 Å². The maximum absolute atomic E-state index is 10.1. The fourth-order valence-corrected chi connectivity index (χ4v) is 3.69. The highest BCUT2D eigenvalue weighted by molar-refractivity contribution is 7.99. The van der Waals surface area contributed by atoms with Crippen molar-refractivity contribution < 1.29 is 10.2 Å². The second kappa shape index (κ2) is 6.88. The van der Waals surface area contributed by atoms with Crippen molar-refractivity contribution in [2.75, 3.05) is 0 Å². The molecule has 0 aliphatic rings. The number of aromatic hydroxyl groups is 2. The molecule has 124 valence electrons. The van der Waals surface area contributed by atoms with Gasteiger partial charge in [0.2, 0.25) is 0 Å². The molecule has 0 saturated carbocycles. The first kappa shape index (κ1) is 17.7. The lowest BCUT2D eigenvalue weighted by Gasteiger charge is -2.16. The molecule has 2 N–H and O–H groups in total. The second-order valence-corrected chi connectivity index (χ2v) is 7.85. The lowest BCUT2D eigenvalue weighted by Crippen LogP contribution is -1.94. The minimum Gasteiger partial charge on any atom is -0.508 e. The van der Waals surface area contributed by atoms with Gasteiger partial charge in [-0.2, -0.15) is 0 Å². The van der Waals surface area contributed by atoms with E-state index in [9.17, 15) is 10.2 Å². The molecule has 0 bridgehead atoms. The van der Waals surface area contributed by atoms with Gasteiger partial charge in [-0.15, -0.1) is 0 Å². The Labute approximate surface area is 143 Å². The Morgan fingerprint density at radius 1 is 0.696 bits per heavy atom. The SMILES string of the molecule is Cc1cc(O)c(C(C)C)cc1Sc1cc(C(C)C)c(O)cc1C. The molecule has 0 aromatic heterocycles. The second-order valence-electron chi connectivity index (χ2n) is 6.76. The monoisotopic (exact) mass is 330 g/mol. The number of phenolic OH excluding ortho intramolecular Hbond substituents is 2. The van der Waals surface area contributed by atoms with Crippen LogP contribution in [-0.4, -0.2) is 10.2 Å². The first-order valence-electron chi connectivity index (χ1n) is 8.05. The molecule has 0 amide bonds. The van der Waals surface area contributed by atoms with Crippen LogP contribution < -0.4 is 0 Å². The van der Waals surface area contributed by atoms with Crippen LogP contribution >= 0.6 is 11.8 Å². The van der Waals surface area contributed by atoms with Crippen LogP contribution in [0.4, 0.5) is 0 Å². The zero-order chi connectivity index (χ0) is 17.3. The smallest absolute Gasteiger partial charge is 0.119 e. The van der Waals surface area contributed by atoms with Crippen molar-refractivity contribution in [2.24, 2.45) is 0 Å². The Bertz CT molecular complexity index is 657. The molecule has 3 heteroatoms. The van der Waals surface area contributed by atoms with Gasteiger partial charge in [-0.25, -0.2) is 0 Å². The summed E-state index contributed by atoms with van der Waals surface area (Å²) in [4.78, 5) is 2.30. The van der Waals surface area contributed by atoms with E-state index in [1.807, 2.05) is 26.0 Å². The maximum Gasteiger partial charge on any atom is 0.119 e. The van der Waals surface area contributed by atoms with Crippen molar-refractivity contribution in [1.82, 2.24) is 0 Å². The Morgan fingerprint density at radius 2 is 1.04 bits per heavy atom. The van der Waals surface area contributed by atoms with E-state index in [0.29, 0.717) is 11.5 Å². The number of benzene rings is 2. The molecular formula is C20H26O2S. The fourth-order valence-electron chi connectivity index (χ4n) is 2.64. The highest BCUT2D eigenvalue weighted by Crippen LogP contribution is 2.40. The van der Waals surface area contributed by atoms with Crippen molar-refractivity contribution in [3.05, 3.63) is 46.5 Å². The van der Waals surface area contributed by atoms with Gasteiger partial charge in [0.25, 0.3) is 0 Å². The Kier molecular flexibility index (Phi) is 5.30. The normalized spacial score (nSPS) is 11.5. The van der Waals surface area contributed by atoms with Gasteiger partial charge < -0.3 is 10.2 Å². The summed E-state index contributed by atoms with van der Waals surface area (Å²) in [5, 5.41) is 20.2. The van der Waals surface area contributed by atoms with Crippen molar-refractivity contribution in [1.29, 1.82) is 0 Å². The van der Waals surface area contributed by atoms with Gasteiger partial charge in [-0.05, 0) is 72.2 Å². The molecule has 2 aromatic carbocycles. The molecule has 2 nitrogen and oxygen atoms in total. The van der Waals surface area contributed by atoms with Crippen LogP contribution in [0.15, 0.2) is 34.1 Å². The highest BCUT2D eigenvalue weighted by atomic mass is 32.2. The predicted molar refractivity (Wildman–Crippen MR) is 98.0 cm³/mol. The summed E-state index contributed by atoms with van der Waals surface area (Å²) in [6.07, 6.45) is 0. The van der Waals surface area contributed by atoms with Gasteiger partial charge in [-0.3, -0.25) is 0 Å². The summed E-state index contributed by atoms with van der Waals surface area (Å²) >= 11 is 1.70. The summed E-state index contributed by atoms with van der Waals surface area (Å²) in [5.74, 6) is 1.29. The van der Waals surface area contributed by atoms with E-state index < -0.39 is 0 Å². The molecular weight excluding hydrogens is 304 g/mol. The third-order valence-corrected chi connectivity index (χ3v) is 5.43. The Morgan fingerprint density at radius 3 is 1.35 bits per heavy atom. The van der Waals surface area contributed by atoms with Crippen molar-refractivity contribution >= 4 is 11.8 Å². The molecule has 0 unspecified atom stereocenters. The maximum atomic E-state index is 10.1. The number of phenols is 2. The molecule has 0 fully saturated rings. The lowest BCUT2D eigenvalue weighted by molar-refractivity contribution is 0.463. The van der Waals surface area contributed by atoms with Crippen LogP contribution in [0.3, 0.4) is 0 Å². The van der Waals surface area contributed by atoms with Gasteiger partial charge in [-0.1, -0.05) is 39.5 Å². The van der Waals surface area contributed by atoms with Crippen molar-refractivity contribution in [2.45, 2.75) is 63.2 Å². The Hall–Kier alpha value is -1.61. The number of hydrogen-bond acceptors (Lipinski definition) is 3. The molecule has 0 atom stereocenters. The van der Waals surface area contributed by atoms with Crippen LogP contribution in [0.25, 0.3) is 0 Å². The van der Waals surface area contributed by atoms with Gasteiger partial charge in [0, 0.05) is 9.79 Å². The molecule has 0 saturated heterocycles. The summed E-state index contributed by atoms with van der Waals surface area (Å²) in [5.41, 5.74) is 4.07. The predicted octanol–water partition coefficient (Wildman–Crippen LogP) is 6.11. The van der Waals surface area contributed by atoms with Crippen LogP contribution in [0.1, 0.15) is 61.8 Å². The average molecular weight is 330 g/mol. The average Bonchev–Trinajstić information content (AvgIpc) is 2.43. The largest absolute Gasteiger partial charge is 0.508 e. The molecule has 2 rings (SSSR count). The Balaban J connectivity index is 2.47. The van der Waals surface area contributed by atoms with Crippen LogP contribution in [0.5, 0.6) is 11.5 Å². The van der Waals surface area contributed by atoms with E-state index in [1.54, 1.807) is 11.8 Å². The standard InChI is InChI=1S/C20H26O2S/c1-11(2)15-9-19(13(5)7-17(15)21)23-20-10-16(12(3)4)18(22)8-14(20)6/h7-12,21-22H,1-6H3. The molecule has 0 aliphatic carbocycles. The topological polar surface area (TPSA) is 40.5 Å². The summed E-state index contributed by atoms with van der Waals surface area (Å²) in [6, 6.07) is 7.86. The van der Waals surface area contributed by atoms with E-state index in [2.05, 4.69) is 39.8 Å². The minimum absolute atomic E-state index is 0.280. The van der Waals surface area contributed by atoms with Gasteiger partial charge in [0.1, 0.15) is 11.5 Å².